The topological polar surface area (TPSA) is 40.6 Å². The van der Waals surface area contributed by atoms with Gasteiger partial charge in [0.25, 0.3) is 0 Å². The van der Waals surface area contributed by atoms with Crippen molar-refractivity contribution in [2.24, 2.45) is 5.92 Å². The van der Waals surface area contributed by atoms with Gasteiger partial charge in [0.1, 0.15) is 5.82 Å². The number of carbonyl (C=O) groups is 2. The third kappa shape index (κ3) is 3.41. The number of likely N-dealkylation sites (tertiary alicyclic amines) is 1. The highest BCUT2D eigenvalue weighted by Crippen LogP contribution is 2.30. The average molecular weight is 353 g/mol. The molecular weight excluding hydrogens is 331 g/mol. The fourth-order valence-electron chi connectivity index (χ4n) is 3.78. The molecule has 1 aliphatic heterocycles. The molecule has 0 radical (unpaired) electrons. The summed E-state index contributed by atoms with van der Waals surface area (Å²) < 4.78 is 13.9. The summed E-state index contributed by atoms with van der Waals surface area (Å²) in [4.78, 5) is 28.2. The van der Waals surface area contributed by atoms with Crippen molar-refractivity contribution in [2.75, 3.05) is 13.6 Å². The van der Waals surface area contributed by atoms with Crippen molar-refractivity contribution in [2.45, 2.75) is 44.7 Å². The predicted octanol–water partition coefficient (Wildman–Crippen LogP) is 3.23. The maximum Gasteiger partial charge on any atom is 0.228 e. The Kier molecular flexibility index (Phi) is 5.09. The Labute approximate surface area is 146 Å². The van der Waals surface area contributed by atoms with Gasteiger partial charge >= 0.3 is 0 Å². The molecule has 3 rings (SSSR count). The zero-order chi connectivity index (χ0) is 17.3. The van der Waals surface area contributed by atoms with Crippen LogP contribution in [0.3, 0.4) is 0 Å². The first-order valence-corrected chi connectivity index (χ1v) is 8.82. The maximum absolute atomic E-state index is 13.9. The summed E-state index contributed by atoms with van der Waals surface area (Å²) in [5.41, 5.74) is 0.312. The largest absolute Gasteiger partial charge is 0.341 e. The maximum atomic E-state index is 13.9. The molecule has 0 aromatic heterocycles. The van der Waals surface area contributed by atoms with E-state index in [1.807, 2.05) is 4.90 Å². The number of nitrogens with zero attached hydrogens (tertiary/aromatic N) is 2. The molecule has 1 atom stereocenters. The number of carbonyl (C=O) groups excluding carboxylic acids is 2. The molecule has 130 valence electrons. The molecule has 2 aliphatic rings. The second-order valence-corrected chi connectivity index (χ2v) is 7.19. The first-order valence-electron chi connectivity index (χ1n) is 8.44. The van der Waals surface area contributed by atoms with Crippen LogP contribution < -0.4 is 0 Å². The van der Waals surface area contributed by atoms with Gasteiger partial charge in [0.2, 0.25) is 11.8 Å². The Hall–Kier alpha value is -1.62. The zero-order valence-corrected chi connectivity index (χ0v) is 14.6. The molecule has 1 unspecified atom stereocenters. The minimum absolute atomic E-state index is 0.0672. The van der Waals surface area contributed by atoms with Crippen molar-refractivity contribution in [3.8, 4) is 0 Å². The quantitative estimate of drug-likeness (QED) is 0.834. The second kappa shape index (κ2) is 7.09. The van der Waals surface area contributed by atoms with Gasteiger partial charge in [-0.05, 0) is 25.0 Å². The standard InChI is InChI=1S/C18H22ClFN2O2/c1-21(11-14-15(19)7-4-8-16(14)20)18(24)12-9-17(23)22(10-12)13-5-2-3-6-13/h4,7-8,12-13H,2-3,5-6,9-11H2,1H3. The van der Waals surface area contributed by atoms with Crippen LogP contribution in [0, 0.1) is 11.7 Å². The Morgan fingerprint density at radius 3 is 2.75 bits per heavy atom. The summed E-state index contributed by atoms with van der Waals surface area (Å²) >= 11 is 6.03. The van der Waals surface area contributed by atoms with E-state index in [9.17, 15) is 14.0 Å². The fourth-order valence-corrected chi connectivity index (χ4v) is 4.00. The third-order valence-electron chi connectivity index (χ3n) is 5.11. The Bertz CT molecular complexity index is 626. The zero-order valence-electron chi connectivity index (χ0n) is 13.8. The molecule has 1 aromatic carbocycles. The predicted molar refractivity (Wildman–Crippen MR) is 90.0 cm³/mol. The molecule has 0 spiro atoms. The van der Waals surface area contributed by atoms with Gasteiger partial charge in [-0.15, -0.1) is 0 Å². The van der Waals surface area contributed by atoms with Crippen LogP contribution in [0.1, 0.15) is 37.7 Å². The van der Waals surface area contributed by atoms with Crippen LogP contribution >= 0.6 is 11.6 Å². The highest BCUT2D eigenvalue weighted by molar-refractivity contribution is 6.31. The van der Waals surface area contributed by atoms with E-state index in [0.717, 1.165) is 25.7 Å². The molecular formula is C18H22ClFN2O2. The van der Waals surface area contributed by atoms with Gasteiger partial charge in [-0.25, -0.2) is 4.39 Å². The molecule has 6 heteroatoms. The number of rotatable bonds is 4. The van der Waals surface area contributed by atoms with E-state index in [-0.39, 0.29) is 30.7 Å². The molecule has 24 heavy (non-hydrogen) atoms. The van der Waals surface area contributed by atoms with Crippen molar-refractivity contribution in [1.82, 2.24) is 9.80 Å². The fraction of sp³-hybridized carbons (Fsp3) is 0.556. The summed E-state index contributed by atoms with van der Waals surface area (Å²) in [5, 5.41) is 0.310. The van der Waals surface area contributed by atoms with Crippen LogP contribution in [0.5, 0.6) is 0 Å². The van der Waals surface area contributed by atoms with E-state index in [1.165, 1.54) is 17.0 Å². The van der Waals surface area contributed by atoms with Gasteiger partial charge < -0.3 is 9.80 Å². The highest BCUT2D eigenvalue weighted by atomic mass is 35.5. The lowest BCUT2D eigenvalue weighted by atomic mass is 10.1. The minimum atomic E-state index is -0.419. The lowest BCUT2D eigenvalue weighted by Gasteiger charge is -2.25. The molecule has 2 amide bonds. The van der Waals surface area contributed by atoms with Crippen LogP contribution in [0.4, 0.5) is 4.39 Å². The summed E-state index contributed by atoms with van der Waals surface area (Å²) in [7, 11) is 1.63. The van der Waals surface area contributed by atoms with E-state index in [1.54, 1.807) is 13.1 Å². The molecule has 4 nitrogen and oxygen atoms in total. The van der Waals surface area contributed by atoms with Crippen molar-refractivity contribution >= 4 is 23.4 Å². The van der Waals surface area contributed by atoms with Crippen LogP contribution in [0.2, 0.25) is 5.02 Å². The van der Waals surface area contributed by atoms with Gasteiger partial charge in [0.15, 0.2) is 0 Å². The number of halogens is 2. The number of hydrogen-bond donors (Lipinski definition) is 0. The normalized spacial score (nSPS) is 21.5. The van der Waals surface area contributed by atoms with Crippen LogP contribution in [0.15, 0.2) is 18.2 Å². The molecule has 0 N–H and O–H groups in total. The smallest absolute Gasteiger partial charge is 0.228 e. The first-order chi connectivity index (χ1) is 11.5. The monoisotopic (exact) mass is 352 g/mol. The Morgan fingerprint density at radius 1 is 1.38 bits per heavy atom. The van der Waals surface area contributed by atoms with Crippen LogP contribution in [0.25, 0.3) is 0 Å². The first kappa shape index (κ1) is 17.2. The summed E-state index contributed by atoms with van der Waals surface area (Å²) in [6.45, 7) is 0.593. The Balaban J connectivity index is 1.65. The highest BCUT2D eigenvalue weighted by Gasteiger charge is 2.39. The van der Waals surface area contributed by atoms with E-state index in [2.05, 4.69) is 0 Å². The van der Waals surface area contributed by atoms with Crippen LogP contribution in [-0.2, 0) is 16.1 Å². The number of hydrogen-bond acceptors (Lipinski definition) is 2. The van der Waals surface area contributed by atoms with E-state index >= 15 is 0 Å². The third-order valence-corrected chi connectivity index (χ3v) is 5.46. The molecule has 1 aromatic rings. The molecule has 1 aliphatic carbocycles. The van der Waals surface area contributed by atoms with E-state index in [4.69, 9.17) is 11.6 Å². The van der Waals surface area contributed by atoms with Gasteiger partial charge in [-0.1, -0.05) is 30.5 Å². The molecule has 1 heterocycles. The SMILES string of the molecule is CN(Cc1c(F)cccc1Cl)C(=O)C1CC(=O)N(C2CCCC2)C1. The van der Waals surface area contributed by atoms with Gasteiger partial charge in [-0.2, -0.15) is 0 Å². The van der Waals surface area contributed by atoms with E-state index in [0.29, 0.717) is 23.2 Å². The average Bonchev–Trinajstić information content (AvgIpc) is 3.19. The summed E-state index contributed by atoms with van der Waals surface area (Å²) in [6.07, 6.45) is 4.63. The van der Waals surface area contributed by atoms with E-state index < -0.39 is 5.82 Å². The number of benzene rings is 1. The van der Waals surface area contributed by atoms with Crippen molar-refractivity contribution in [1.29, 1.82) is 0 Å². The van der Waals surface area contributed by atoms with Gasteiger partial charge in [0, 0.05) is 43.2 Å². The van der Waals surface area contributed by atoms with Crippen molar-refractivity contribution in [3.05, 3.63) is 34.6 Å². The number of amides is 2. The summed E-state index contributed by atoms with van der Waals surface area (Å²) in [6, 6.07) is 4.78. The lowest BCUT2D eigenvalue weighted by molar-refractivity contribution is -0.135. The van der Waals surface area contributed by atoms with Gasteiger partial charge in [-0.3, -0.25) is 9.59 Å². The molecule has 0 bridgehead atoms. The Morgan fingerprint density at radius 2 is 2.08 bits per heavy atom. The summed E-state index contributed by atoms with van der Waals surface area (Å²) in [5.74, 6) is -0.813. The van der Waals surface area contributed by atoms with Crippen LogP contribution in [-0.4, -0.2) is 41.2 Å². The second-order valence-electron chi connectivity index (χ2n) is 6.78. The molecule has 1 saturated carbocycles. The van der Waals surface area contributed by atoms with Crippen molar-refractivity contribution < 1.29 is 14.0 Å². The molecule has 1 saturated heterocycles. The molecule has 2 fully saturated rings. The minimum Gasteiger partial charge on any atom is -0.341 e. The van der Waals surface area contributed by atoms with Gasteiger partial charge in [0.05, 0.1) is 5.92 Å². The van der Waals surface area contributed by atoms with Crippen molar-refractivity contribution in [3.63, 3.8) is 0 Å². The lowest BCUT2D eigenvalue weighted by Crippen LogP contribution is -2.37.